The van der Waals surface area contributed by atoms with Gasteiger partial charge in [0.05, 0.1) is 23.4 Å². The van der Waals surface area contributed by atoms with E-state index < -0.39 is 5.97 Å². The number of hydrogen-bond donors (Lipinski definition) is 2. The molecular weight excluding hydrogens is 390 g/mol. The fraction of sp³-hybridized carbons (Fsp3) is 0.174. The Labute approximate surface area is 174 Å². The van der Waals surface area contributed by atoms with Crippen LogP contribution in [0.4, 0.5) is 5.69 Å². The monoisotopic (exact) mass is 411 g/mol. The minimum atomic E-state index is -0.999. The maximum absolute atomic E-state index is 11.1. The van der Waals surface area contributed by atoms with Crippen LogP contribution in [0.1, 0.15) is 27.0 Å². The molecule has 0 aliphatic carbocycles. The second-order valence-corrected chi connectivity index (χ2v) is 6.96. The highest BCUT2D eigenvalue weighted by atomic mass is 35.5. The van der Waals surface area contributed by atoms with Crippen LogP contribution in [0.5, 0.6) is 11.5 Å². The zero-order chi connectivity index (χ0) is 20.8. The summed E-state index contributed by atoms with van der Waals surface area (Å²) in [6.45, 7) is 2.96. The Bertz CT molecular complexity index is 1020. The van der Waals surface area contributed by atoms with E-state index in [-0.39, 0.29) is 5.56 Å². The molecular formula is C23H22ClNO4. The van der Waals surface area contributed by atoms with Crippen molar-refractivity contribution in [1.29, 1.82) is 0 Å². The maximum atomic E-state index is 11.1. The molecule has 0 bridgehead atoms. The summed E-state index contributed by atoms with van der Waals surface area (Å²) in [5.41, 5.74) is 3.97. The van der Waals surface area contributed by atoms with E-state index >= 15 is 0 Å². The summed E-state index contributed by atoms with van der Waals surface area (Å²) in [5.74, 6) is 0.287. The van der Waals surface area contributed by atoms with Crippen LogP contribution >= 0.6 is 11.6 Å². The Hall–Kier alpha value is -3.18. The number of rotatable bonds is 8. The molecule has 0 fully saturated rings. The van der Waals surface area contributed by atoms with Crippen LogP contribution in [0.3, 0.4) is 0 Å². The summed E-state index contributed by atoms with van der Waals surface area (Å²) < 4.78 is 11.4. The molecule has 0 aliphatic heterocycles. The number of hydrogen-bond acceptors (Lipinski definition) is 4. The molecule has 3 rings (SSSR count). The number of aryl methyl sites for hydroxylation is 1. The smallest absolute Gasteiger partial charge is 0.335 e. The molecule has 0 saturated carbocycles. The van der Waals surface area contributed by atoms with Crippen molar-refractivity contribution < 1.29 is 19.4 Å². The van der Waals surface area contributed by atoms with E-state index in [2.05, 4.69) is 18.3 Å². The lowest BCUT2D eigenvalue weighted by atomic mass is 10.1. The van der Waals surface area contributed by atoms with Crippen molar-refractivity contribution in [3.63, 3.8) is 0 Å². The van der Waals surface area contributed by atoms with E-state index in [1.165, 1.54) is 17.7 Å². The van der Waals surface area contributed by atoms with Gasteiger partial charge in [-0.25, -0.2) is 4.79 Å². The molecule has 3 aromatic carbocycles. The predicted molar refractivity (Wildman–Crippen MR) is 114 cm³/mol. The van der Waals surface area contributed by atoms with Crippen LogP contribution in [-0.4, -0.2) is 18.2 Å². The van der Waals surface area contributed by atoms with E-state index in [0.29, 0.717) is 35.4 Å². The summed E-state index contributed by atoms with van der Waals surface area (Å²) in [6, 6.07) is 18.3. The number of methoxy groups -OCH3 is 1. The Morgan fingerprint density at radius 2 is 1.86 bits per heavy atom. The standard InChI is InChI=1S/C23H22ClNO4/c1-15-5-3-4-6-18(15)14-29-21-10-7-16(11-22(21)28-2)13-25-20-12-17(23(26)27)8-9-19(20)24/h3-12,25H,13-14H2,1-2H3,(H,26,27). The lowest BCUT2D eigenvalue weighted by Crippen LogP contribution is -2.04. The average Bonchev–Trinajstić information content (AvgIpc) is 2.72. The van der Waals surface area contributed by atoms with Gasteiger partial charge in [0.25, 0.3) is 0 Å². The molecule has 0 atom stereocenters. The van der Waals surface area contributed by atoms with E-state index in [9.17, 15) is 4.79 Å². The third kappa shape index (κ3) is 5.21. The third-order valence-electron chi connectivity index (χ3n) is 4.57. The van der Waals surface area contributed by atoms with Gasteiger partial charge in [0.1, 0.15) is 6.61 Å². The first-order valence-electron chi connectivity index (χ1n) is 9.09. The highest BCUT2D eigenvalue weighted by molar-refractivity contribution is 6.33. The second kappa shape index (κ2) is 9.34. The zero-order valence-electron chi connectivity index (χ0n) is 16.2. The molecule has 2 N–H and O–H groups in total. The van der Waals surface area contributed by atoms with E-state index in [4.69, 9.17) is 26.2 Å². The summed E-state index contributed by atoms with van der Waals surface area (Å²) >= 11 is 6.16. The normalized spacial score (nSPS) is 10.4. The number of halogens is 1. The first-order chi connectivity index (χ1) is 14.0. The first-order valence-corrected chi connectivity index (χ1v) is 9.46. The number of nitrogens with one attached hydrogen (secondary N) is 1. The number of carbonyl (C=O) groups is 1. The van der Waals surface area contributed by atoms with Crippen molar-refractivity contribution >= 4 is 23.3 Å². The third-order valence-corrected chi connectivity index (χ3v) is 4.90. The largest absolute Gasteiger partial charge is 0.493 e. The molecule has 5 nitrogen and oxygen atoms in total. The van der Waals surface area contributed by atoms with Crippen LogP contribution in [0, 0.1) is 6.92 Å². The van der Waals surface area contributed by atoms with Gasteiger partial charge in [-0.05, 0) is 53.9 Å². The van der Waals surface area contributed by atoms with Gasteiger partial charge in [0.15, 0.2) is 11.5 Å². The molecule has 6 heteroatoms. The summed E-state index contributed by atoms with van der Waals surface area (Å²) in [6.07, 6.45) is 0. The van der Waals surface area contributed by atoms with Crippen molar-refractivity contribution in [2.45, 2.75) is 20.1 Å². The molecule has 0 saturated heterocycles. The topological polar surface area (TPSA) is 67.8 Å². The van der Waals surface area contributed by atoms with Crippen molar-refractivity contribution in [3.05, 3.63) is 87.9 Å². The lowest BCUT2D eigenvalue weighted by Gasteiger charge is -2.14. The van der Waals surface area contributed by atoms with Gasteiger partial charge < -0.3 is 19.9 Å². The van der Waals surface area contributed by atoms with Crippen LogP contribution in [0.2, 0.25) is 5.02 Å². The van der Waals surface area contributed by atoms with Crippen LogP contribution in [0.15, 0.2) is 60.7 Å². The van der Waals surface area contributed by atoms with E-state index in [1.807, 2.05) is 36.4 Å². The fourth-order valence-electron chi connectivity index (χ4n) is 2.86. The Kier molecular flexibility index (Phi) is 6.62. The van der Waals surface area contributed by atoms with Gasteiger partial charge in [0, 0.05) is 6.54 Å². The van der Waals surface area contributed by atoms with E-state index in [1.54, 1.807) is 13.2 Å². The molecule has 0 spiro atoms. The van der Waals surface area contributed by atoms with E-state index in [0.717, 1.165) is 11.1 Å². The maximum Gasteiger partial charge on any atom is 0.335 e. The van der Waals surface area contributed by atoms with Gasteiger partial charge in [0.2, 0.25) is 0 Å². The number of ether oxygens (including phenoxy) is 2. The number of carboxylic acid groups (broad SMARTS) is 1. The molecule has 0 aliphatic rings. The highest BCUT2D eigenvalue weighted by Gasteiger charge is 2.10. The van der Waals surface area contributed by atoms with Gasteiger partial charge in [-0.15, -0.1) is 0 Å². The molecule has 29 heavy (non-hydrogen) atoms. The van der Waals surface area contributed by atoms with Crippen molar-refractivity contribution in [2.75, 3.05) is 12.4 Å². The molecule has 3 aromatic rings. The number of benzene rings is 3. The predicted octanol–water partition coefficient (Wildman–Crippen LogP) is 5.55. The number of carboxylic acids is 1. The lowest BCUT2D eigenvalue weighted by molar-refractivity contribution is 0.0697. The Morgan fingerprint density at radius 3 is 2.59 bits per heavy atom. The minimum Gasteiger partial charge on any atom is -0.493 e. The van der Waals surface area contributed by atoms with Gasteiger partial charge in [-0.2, -0.15) is 0 Å². The zero-order valence-corrected chi connectivity index (χ0v) is 17.0. The van der Waals surface area contributed by atoms with Crippen LogP contribution in [-0.2, 0) is 13.2 Å². The second-order valence-electron chi connectivity index (χ2n) is 6.55. The number of aromatic carboxylic acids is 1. The van der Waals surface area contributed by atoms with Crippen molar-refractivity contribution in [3.8, 4) is 11.5 Å². The van der Waals surface area contributed by atoms with Crippen LogP contribution < -0.4 is 14.8 Å². The summed E-state index contributed by atoms with van der Waals surface area (Å²) in [5, 5.41) is 12.8. The van der Waals surface area contributed by atoms with Gasteiger partial charge >= 0.3 is 5.97 Å². The minimum absolute atomic E-state index is 0.175. The first kappa shape index (κ1) is 20.6. The molecule has 150 valence electrons. The van der Waals surface area contributed by atoms with Gasteiger partial charge in [-0.1, -0.05) is 41.9 Å². The summed E-state index contributed by atoms with van der Waals surface area (Å²) in [7, 11) is 1.60. The highest BCUT2D eigenvalue weighted by Crippen LogP contribution is 2.30. The molecule has 0 heterocycles. The molecule has 0 radical (unpaired) electrons. The van der Waals surface area contributed by atoms with Crippen molar-refractivity contribution in [1.82, 2.24) is 0 Å². The Morgan fingerprint density at radius 1 is 1.07 bits per heavy atom. The molecule has 0 aromatic heterocycles. The van der Waals surface area contributed by atoms with Crippen LogP contribution in [0.25, 0.3) is 0 Å². The number of anilines is 1. The summed E-state index contributed by atoms with van der Waals surface area (Å²) in [4.78, 5) is 11.1. The molecule has 0 amide bonds. The van der Waals surface area contributed by atoms with Crippen molar-refractivity contribution in [2.24, 2.45) is 0 Å². The molecule has 0 unspecified atom stereocenters. The average molecular weight is 412 g/mol. The SMILES string of the molecule is COc1cc(CNc2cc(C(=O)O)ccc2Cl)ccc1OCc1ccccc1C. The fourth-order valence-corrected chi connectivity index (χ4v) is 3.04. The Balaban J connectivity index is 1.70. The van der Waals surface area contributed by atoms with Gasteiger partial charge in [-0.3, -0.25) is 0 Å². The quantitative estimate of drug-likeness (QED) is 0.509.